The van der Waals surface area contributed by atoms with Gasteiger partial charge in [0.15, 0.2) is 0 Å². The van der Waals surface area contributed by atoms with Gasteiger partial charge in [-0.3, -0.25) is 0 Å². The molecule has 0 bridgehead atoms. The standard InChI is InChI=1S/C7H9NS/c1-6(2)7-4-3-5-8-9-7/h3-4,6H,1-2H3. The Morgan fingerprint density at radius 1 is 1.67 bits per heavy atom. The predicted octanol–water partition coefficient (Wildman–Crippen LogP) is 2.41. The van der Waals surface area contributed by atoms with Crippen LogP contribution >= 0.6 is 11.9 Å². The lowest BCUT2D eigenvalue weighted by Gasteiger charge is -2.05. The molecule has 0 spiro atoms. The van der Waals surface area contributed by atoms with Crippen LogP contribution in [0.3, 0.4) is 0 Å². The van der Waals surface area contributed by atoms with Gasteiger partial charge in [-0.2, -0.15) is 4.40 Å². The fourth-order valence-electron chi connectivity index (χ4n) is 0.557. The van der Waals surface area contributed by atoms with E-state index in [-0.39, 0.29) is 0 Å². The van der Waals surface area contributed by atoms with E-state index < -0.39 is 0 Å². The van der Waals surface area contributed by atoms with Gasteiger partial charge in [-0.15, -0.1) is 0 Å². The summed E-state index contributed by atoms with van der Waals surface area (Å²) in [5, 5.41) is 0. The van der Waals surface area contributed by atoms with Crippen molar-refractivity contribution in [3.05, 3.63) is 17.1 Å². The minimum atomic E-state index is 0.595. The number of allylic oxidation sites excluding steroid dienone is 3. The summed E-state index contributed by atoms with van der Waals surface area (Å²) >= 11 is 1.52. The largest absolute Gasteiger partial charge is 0.168 e. The fourth-order valence-corrected chi connectivity index (χ4v) is 1.12. The monoisotopic (exact) mass is 139 g/mol. The Morgan fingerprint density at radius 2 is 2.44 bits per heavy atom. The first kappa shape index (κ1) is 6.66. The van der Waals surface area contributed by atoms with Crippen LogP contribution in [0.15, 0.2) is 21.5 Å². The highest BCUT2D eigenvalue weighted by Crippen LogP contribution is 2.25. The molecular formula is C7H9NS. The minimum Gasteiger partial charge on any atom is -0.168 e. The van der Waals surface area contributed by atoms with Crippen molar-refractivity contribution in [3.8, 4) is 0 Å². The number of rotatable bonds is 1. The third-order valence-electron chi connectivity index (χ3n) is 1.09. The van der Waals surface area contributed by atoms with Crippen molar-refractivity contribution >= 4 is 17.8 Å². The van der Waals surface area contributed by atoms with E-state index in [0.29, 0.717) is 5.92 Å². The Morgan fingerprint density at radius 3 is 2.78 bits per heavy atom. The molecule has 9 heavy (non-hydrogen) atoms. The Kier molecular flexibility index (Phi) is 2.15. The van der Waals surface area contributed by atoms with E-state index >= 15 is 0 Å². The molecular weight excluding hydrogens is 130 g/mol. The van der Waals surface area contributed by atoms with Crippen molar-refractivity contribution in [1.82, 2.24) is 0 Å². The molecule has 1 nitrogen and oxygen atoms in total. The molecule has 0 aromatic carbocycles. The van der Waals surface area contributed by atoms with Crippen LogP contribution in [0.25, 0.3) is 0 Å². The second-order valence-electron chi connectivity index (χ2n) is 2.20. The van der Waals surface area contributed by atoms with E-state index in [1.165, 1.54) is 16.9 Å². The molecule has 2 heteroatoms. The maximum atomic E-state index is 3.92. The van der Waals surface area contributed by atoms with Crippen LogP contribution in [0.2, 0.25) is 0 Å². The highest BCUT2D eigenvalue weighted by atomic mass is 32.2. The number of nitrogens with zero attached hydrogens (tertiary/aromatic N) is 1. The van der Waals surface area contributed by atoms with Crippen molar-refractivity contribution in [1.29, 1.82) is 0 Å². The molecule has 0 unspecified atom stereocenters. The Bertz CT molecular complexity index is 185. The van der Waals surface area contributed by atoms with Gasteiger partial charge < -0.3 is 0 Å². The van der Waals surface area contributed by atoms with E-state index in [4.69, 9.17) is 0 Å². The topological polar surface area (TPSA) is 12.4 Å². The lowest BCUT2D eigenvalue weighted by atomic mass is 10.2. The molecule has 0 aliphatic carbocycles. The lowest BCUT2D eigenvalue weighted by Crippen LogP contribution is -1.88. The maximum absolute atomic E-state index is 3.92. The van der Waals surface area contributed by atoms with Crippen molar-refractivity contribution < 1.29 is 0 Å². The molecule has 0 N–H and O–H groups in total. The zero-order valence-electron chi connectivity index (χ0n) is 5.59. The van der Waals surface area contributed by atoms with Gasteiger partial charge in [0.25, 0.3) is 0 Å². The van der Waals surface area contributed by atoms with Gasteiger partial charge in [0, 0.05) is 22.9 Å². The highest BCUT2D eigenvalue weighted by Gasteiger charge is 2.02. The number of hydrogen-bond donors (Lipinski definition) is 0. The molecule has 0 aromatic heterocycles. The minimum absolute atomic E-state index is 0.595. The first-order valence-corrected chi connectivity index (χ1v) is 3.74. The molecule has 1 aliphatic heterocycles. The second kappa shape index (κ2) is 2.90. The predicted molar refractivity (Wildman–Crippen MR) is 42.5 cm³/mol. The molecule has 0 aromatic rings. The van der Waals surface area contributed by atoms with Crippen molar-refractivity contribution in [2.75, 3.05) is 0 Å². The van der Waals surface area contributed by atoms with Crippen molar-refractivity contribution in [2.24, 2.45) is 10.3 Å². The van der Waals surface area contributed by atoms with Crippen LogP contribution in [-0.2, 0) is 0 Å². The molecule has 0 saturated carbocycles. The zero-order valence-corrected chi connectivity index (χ0v) is 6.40. The van der Waals surface area contributed by atoms with E-state index in [2.05, 4.69) is 30.2 Å². The third kappa shape index (κ3) is 1.74. The van der Waals surface area contributed by atoms with Crippen LogP contribution < -0.4 is 0 Å². The summed E-state index contributed by atoms with van der Waals surface area (Å²) in [4.78, 5) is 1.31. The normalized spacial score (nSPS) is 16.6. The molecule has 0 atom stereocenters. The van der Waals surface area contributed by atoms with Crippen molar-refractivity contribution in [3.63, 3.8) is 0 Å². The summed E-state index contributed by atoms with van der Waals surface area (Å²) < 4.78 is 3.92. The van der Waals surface area contributed by atoms with Gasteiger partial charge in [0.1, 0.15) is 0 Å². The SMILES string of the molecule is CC(C)C1=CC=C=NS1. The summed E-state index contributed by atoms with van der Waals surface area (Å²) in [6, 6.07) is 0. The maximum Gasteiger partial charge on any atom is 0.0165 e. The first-order chi connectivity index (χ1) is 4.30. The van der Waals surface area contributed by atoms with Crippen molar-refractivity contribution in [2.45, 2.75) is 13.8 Å². The molecule has 0 saturated heterocycles. The van der Waals surface area contributed by atoms with E-state index in [0.717, 1.165) is 0 Å². The summed E-state index contributed by atoms with van der Waals surface area (Å²) in [5.41, 5.74) is 0. The Labute approximate surface area is 59.7 Å². The summed E-state index contributed by atoms with van der Waals surface area (Å²) in [5.74, 6) is 3.35. The van der Waals surface area contributed by atoms with Gasteiger partial charge in [0.2, 0.25) is 0 Å². The molecule has 1 aliphatic rings. The van der Waals surface area contributed by atoms with Crippen LogP contribution in [0.1, 0.15) is 13.8 Å². The van der Waals surface area contributed by atoms with Crippen LogP contribution in [0.5, 0.6) is 0 Å². The van der Waals surface area contributed by atoms with E-state index in [1.807, 2.05) is 6.08 Å². The second-order valence-corrected chi connectivity index (χ2v) is 3.04. The van der Waals surface area contributed by atoms with Gasteiger partial charge in [0.05, 0.1) is 0 Å². The average Bonchev–Trinajstić information content (AvgIpc) is 1.90. The molecule has 0 fully saturated rings. The Balaban J connectivity index is 2.66. The summed E-state index contributed by atoms with van der Waals surface area (Å²) in [6.45, 7) is 4.32. The van der Waals surface area contributed by atoms with Crippen LogP contribution in [0, 0.1) is 5.92 Å². The first-order valence-electron chi connectivity index (χ1n) is 2.96. The zero-order chi connectivity index (χ0) is 6.69. The van der Waals surface area contributed by atoms with Gasteiger partial charge in [-0.1, -0.05) is 13.8 Å². The molecule has 48 valence electrons. The van der Waals surface area contributed by atoms with Gasteiger partial charge in [-0.05, 0) is 17.9 Å². The summed E-state index contributed by atoms with van der Waals surface area (Å²) in [6.07, 6.45) is 3.91. The highest BCUT2D eigenvalue weighted by molar-refractivity contribution is 8.02. The molecule has 1 rings (SSSR count). The summed E-state index contributed by atoms with van der Waals surface area (Å²) in [7, 11) is 0. The van der Waals surface area contributed by atoms with E-state index in [1.54, 1.807) is 0 Å². The quantitative estimate of drug-likeness (QED) is 0.508. The van der Waals surface area contributed by atoms with E-state index in [9.17, 15) is 0 Å². The molecule has 0 radical (unpaired) electrons. The van der Waals surface area contributed by atoms with Gasteiger partial charge in [-0.25, -0.2) is 0 Å². The Hall–Kier alpha value is -0.460. The average molecular weight is 139 g/mol. The molecule has 0 amide bonds. The van der Waals surface area contributed by atoms with Gasteiger partial charge >= 0.3 is 0 Å². The number of hydrogen-bond acceptors (Lipinski definition) is 2. The lowest BCUT2D eigenvalue weighted by molar-refractivity contribution is 0.816. The third-order valence-corrected chi connectivity index (χ3v) is 2.11. The smallest absolute Gasteiger partial charge is 0.0165 e. The molecule has 1 heterocycles. The fraction of sp³-hybridized carbons (Fsp3) is 0.429. The van der Waals surface area contributed by atoms with Crippen LogP contribution in [-0.4, -0.2) is 5.87 Å². The van der Waals surface area contributed by atoms with Crippen LogP contribution in [0.4, 0.5) is 0 Å².